The molecule has 28 heavy (non-hydrogen) atoms. The van der Waals surface area contributed by atoms with Crippen LogP contribution in [0.3, 0.4) is 0 Å². The second-order valence-corrected chi connectivity index (χ2v) is 7.66. The van der Waals surface area contributed by atoms with E-state index in [0.717, 1.165) is 63.8 Å². The number of ether oxygens (including phenoxy) is 1. The molecule has 1 aliphatic heterocycles. The van der Waals surface area contributed by atoms with Crippen LogP contribution in [0, 0.1) is 5.92 Å². The Morgan fingerprint density at radius 1 is 1.29 bits per heavy atom. The van der Waals surface area contributed by atoms with Crippen molar-refractivity contribution in [3.63, 3.8) is 0 Å². The maximum absolute atomic E-state index is 5.92. The van der Waals surface area contributed by atoms with Crippen molar-refractivity contribution in [2.75, 3.05) is 39.8 Å². The average molecular weight is 506 g/mol. The standard InChI is InChI=1S/C20H38N6O.HI/c1-7-18-17(19(8-2)25(6)24-18)12-23-20(21-5)22-11-16-14-26(9-10-27-16)13-15(3)4;/h15-16H,7-14H2,1-6H3,(H2,21,22,23);1H. The molecule has 0 spiro atoms. The van der Waals surface area contributed by atoms with Crippen molar-refractivity contribution in [3.8, 4) is 0 Å². The number of aliphatic imine (C=N–C) groups is 1. The first kappa shape index (κ1) is 25.2. The summed E-state index contributed by atoms with van der Waals surface area (Å²) >= 11 is 0. The molecule has 2 rings (SSSR count). The van der Waals surface area contributed by atoms with Gasteiger partial charge in [0.15, 0.2) is 5.96 Å². The van der Waals surface area contributed by atoms with Crippen LogP contribution < -0.4 is 10.6 Å². The average Bonchev–Trinajstić information content (AvgIpc) is 2.96. The summed E-state index contributed by atoms with van der Waals surface area (Å²) < 4.78 is 7.93. The lowest BCUT2D eigenvalue weighted by molar-refractivity contribution is -0.0284. The first-order valence-corrected chi connectivity index (χ1v) is 10.3. The maximum atomic E-state index is 5.92. The molecule has 162 valence electrons. The van der Waals surface area contributed by atoms with Crippen molar-refractivity contribution in [3.05, 3.63) is 17.0 Å². The van der Waals surface area contributed by atoms with Gasteiger partial charge in [-0.05, 0) is 18.8 Å². The number of aromatic nitrogens is 2. The van der Waals surface area contributed by atoms with Gasteiger partial charge in [-0.1, -0.05) is 27.7 Å². The van der Waals surface area contributed by atoms with Crippen LogP contribution >= 0.6 is 24.0 Å². The van der Waals surface area contributed by atoms with E-state index in [4.69, 9.17) is 4.74 Å². The minimum atomic E-state index is 0. The summed E-state index contributed by atoms with van der Waals surface area (Å²) in [6.07, 6.45) is 2.12. The highest BCUT2D eigenvalue weighted by Gasteiger charge is 2.21. The molecule has 0 radical (unpaired) electrons. The van der Waals surface area contributed by atoms with Gasteiger partial charge in [-0.2, -0.15) is 5.10 Å². The Hall–Kier alpha value is -0.870. The van der Waals surface area contributed by atoms with E-state index < -0.39 is 0 Å². The van der Waals surface area contributed by atoms with Crippen LogP contribution in [0.25, 0.3) is 0 Å². The molecule has 0 amide bonds. The maximum Gasteiger partial charge on any atom is 0.191 e. The van der Waals surface area contributed by atoms with Crippen molar-refractivity contribution in [2.24, 2.45) is 18.0 Å². The Balaban J connectivity index is 0.00000392. The van der Waals surface area contributed by atoms with Gasteiger partial charge in [0, 0.05) is 58.1 Å². The Kier molecular flexibility index (Phi) is 11.4. The number of guanidine groups is 1. The predicted molar refractivity (Wildman–Crippen MR) is 127 cm³/mol. The molecule has 1 aromatic rings. The summed E-state index contributed by atoms with van der Waals surface area (Å²) in [6.45, 7) is 14.3. The zero-order chi connectivity index (χ0) is 19.8. The number of rotatable bonds is 8. The molecule has 0 aromatic carbocycles. The van der Waals surface area contributed by atoms with Crippen molar-refractivity contribution in [1.82, 2.24) is 25.3 Å². The van der Waals surface area contributed by atoms with E-state index in [1.165, 1.54) is 11.3 Å². The molecule has 1 saturated heterocycles. The summed E-state index contributed by atoms with van der Waals surface area (Å²) in [5.74, 6) is 1.50. The molecule has 0 aliphatic carbocycles. The monoisotopic (exact) mass is 506 g/mol. The van der Waals surface area contributed by atoms with Gasteiger partial charge < -0.3 is 15.4 Å². The van der Waals surface area contributed by atoms with E-state index >= 15 is 0 Å². The lowest BCUT2D eigenvalue weighted by Crippen LogP contribution is -2.50. The van der Waals surface area contributed by atoms with E-state index in [1.54, 1.807) is 0 Å². The lowest BCUT2D eigenvalue weighted by atomic mass is 10.1. The molecule has 0 saturated carbocycles. The Bertz CT molecular complexity index is 616. The summed E-state index contributed by atoms with van der Waals surface area (Å²) in [6, 6.07) is 0. The van der Waals surface area contributed by atoms with Gasteiger partial charge in [0.05, 0.1) is 18.4 Å². The fraction of sp³-hybridized carbons (Fsp3) is 0.800. The smallest absolute Gasteiger partial charge is 0.191 e. The number of hydrogen-bond acceptors (Lipinski definition) is 4. The third-order valence-corrected chi connectivity index (χ3v) is 5.03. The third kappa shape index (κ3) is 7.18. The SMILES string of the molecule is CCc1nn(C)c(CC)c1CNC(=NC)NCC1CN(CC(C)C)CCO1.I. The predicted octanol–water partition coefficient (Wildman–Crippen LogP) is 2.18. The molecule has 1 unspecified atom stereocenters. The summed E-state index contributed by atoms with van der Waals surface area (Å²) in [5.41, 5.74) is 3.74. The summed E-state index contributed by atoms with van der Waals surface area (Å²) in [4.78, 5) is 6.86. The van der Waals surface area contributed by atoms with Crippen LogP contribution in [0.5, 0.6) is 0 Å². The molecule has 1 fully saturated rings. The molecule has 1 aromatic heterocycles. The van der Waals surface area contributed by atoms with E-state index in [1.807, 2.05) is 18.8 Å². The molecular formula is C20H39IN6O. The van der Waals surface area contributed by atoms with Gasteiger partial charge >= 0.3 is 0 Å². The fourth-order valence-electron chi connectivity index (χ4n) is 3.78. The van der Waals surface area contributed by atoms with E-state index in [0.29, 0.717) is 5.92 Å². The fourth-order valence-corrected chi connectivity index (χ4v) is 3.78. The van der Waals surface area contributed by atoms with Gasteiger partial charge in [-0.25, -0.2) is 0 Å². The van der Waals surface area contributed by atoms with Gasteiger partial charge in [0.25, 0.3) is 0 Å². The van der Waals surface area contributed by atoms with Crippen LogP contribution in [0.4, 0.5) is 0 Å². The Morgan fingerprint density at radius 3 is 2.64 bits per heavy atom. The Labute approximate surface area is 187 Å². The van der Waals surface area contributed by atoms with Crippen LogP contribution in [0.2, 0.25) is 0 Å². The molecule has 2 N–H and O–H groups in total. The molecule has 7 nitrogen and oxygen atoms in total. The van der Waals surface area contributed by atoms with Gasteiger partial charge in [-0.15, -0.1) is 24.0 Å². The van der Waals surface area contributed by atoms with Crippen LogP contribution in [0.1, 0.15) is 44.6 Å². The normalized spacial score (nSPS) is 18.2. The summed E-state index contributed by atoms with van der Waals surface area (Å²) in [7, 11) is 3.84. The van der Waals surface area contributed by atoms with Crippen molar-refractivity contribution >= 4 is 29.9 Å². The third-order valence-electron chi connectivity index (χ3n) is 5.03. The zero-order valence-electron chi connectivity index (χ0n) is 18.4. The topological polar surface area (TPSA) is 66.7 Å². The largest absolute Gasteiger partial charge is 0.374 e. The van der Waals surface area contributed by atoms with Gasteiger partial charge in [0.2, 0.25) is 0 Å². The van der Waals surface area contributed by atoms with Crippen molar-refractivity contribution in [1.29, 1.82) is 0 Å². The molecule has 0 bridgehead atoms. The summed E-state index contributed by atoms with van der Waals surface area (Å²) in [5, 5.41) is 11.5. The van der Waals surface area contributed by atoms with E-state index in [9.17, 15) is 0 Å². The minimum absolute atomic E-state index is 0. The zero-order valence-corrected chi connectivity index (χ0v) is 20.7. The highest BCUT2D eigenvalue weighted by atomic mass is 127. The second-order valence-electron chi connectivity index (χ2n) is 7.66. The second kappa shape index (κ2) is 12.6. The van der Waals surface area contributed by atoms with Crippen LogP contribution in [-0.4, -0.2) is 66.6 Å². The number of aryl methyl sites for hydroxylation is 2. The van der Waals surface area contributed by atoms with E-state index in [-0.39, 0.29) is 30.1 Å². The van der Waals surface area contributed by atoms with Gasteiger partial charge in [0.1, 0.15) is 0 Å². The number of morpholine rings is 1. The number of halogens is 1. The number of hydrogen-bond donors (Lipinski definition) is 2. The number of nitrogens with zero attached hydrogens (tertiary/aromatic N) is 4. The highest BCUT2D eigenvalue weighted by molar-refractivity contribution is 14.0. The minimum Gasteiger partial charge on any atom is -0.374 e. The highest BCUT2D eigenvalue weighted by Crippen LogP contribution is 2.15. The molecule has 8 heteroatoms. The molecule has 1 aliphatic rings. The quantitative estimate of drug-likeness (QED) is 0.322. The number of nitrogens with one attached hydrogen (secondary N) is 2. The Morgan fingerprint density at radius 2 is 2.04 bits per heavy atom. The molecular weight excluding hydrogens is 467 g/mol. The first-order valence-electron chi connectivity index (χ1n) is 10.3. The molecule has 2 heterocycles. The lowest BCUT2D eigenvalue weighted by Gasteiger charge is -2.34. The van der Waals surface area contributed by atoms with Crippen LogP contribution in [0.15, 0.2) is 4.99 Å². The van der Waals surface area contributed by atoms with Crippen LogP contribution in [-0.2, 0) is 31.2 Å². The van der Waals surface area contributed by atoms with Crippen molar-refractivity contribution < 1.29 is 4.74 Å². The molecule has 1 atom stereocenters. The van der Waals surface area contributed by atoms with E-state index in [2.05, 4.69) is 53.3 Å². The first-order chi connectivity index (χ1) is 13.0. The van der Waals surface area contributed by atoms with Crippen molar-refractivity contribution in [2.45, 2.75) is 53.2 Å². The van der Waals surface area contributed by atoms with Gasteiger partial charge in [-0.3, -0.25) is 14.6 Å².